The van der Waals surface area contributed by atoms with Gasteiger partial charge in [0.25, 0.3) is 0 Å². The fourth-order valence-electron chi connectivity index (χ4n) is 1.21. The molecule has 3 heteroatoms. The average Bonchev–Trinajstić information content (AvgIpc) is 2.51. The SMILES string of the molecule is Cc1ccsc1-c1cc(N)ccn1. The van der Waals surface area contributed by atoms with Crippen molar-refractivity contribution in [3.05, 3.63) is 35.3 Å². The second-order valence-electron chi connectivity index (χ2n) is 2.91. The molecule has 13 heavy (non-hydrogen) atoms. The lowest BCUT2D eigenvalue weighted by atomic mass is 10.2. The van der Waals surface area contributed by atoms with E-state index >= 15 is 0 Å². The Balaban J connectivity index is 2.53. The highest BCUT2D eigenvalue weighted by molar-refractivity contribution is 7.13. The number of aromatic nitrogens is 1. The molecule has 2 nitrogen and oxygen atoms in total. The van der Waals surface area contributed by atoms with Crippen LogP contribution in [0.4, 0.5) is 5.69 Å². The van der Waals surface area contributed by atoms with Gasteiger partial charge in [-0.25, -0.2) is 0 Å². The molecule has 2 rings (SSSR count). The Kier molecular flexibility index (Phi) is 2.02. The molecule has 0 saturated heterocycles. The summed E-state index contributed by atoms with van der Waals surface area (Å²) in [6.07, 6.45) is 1.74. The van der Waals surface area contributed by atoms with Gasteiger partial charge < -0.3 is 5.73 Å². The topological polar surface area (TPSA) is 38.9 Å². The van der Waals surface area contributed by atoms with Gasteiger partial charge in [-0.05, 0) is 36.1 Å². The van der Waals surface area contributed by atoms with Gasteiger partial charge in [-0.2, -0.15) is 0 Å². The molecule has 0 unspecified atom stereocenters. The first-order valence-electron chi connectivity index (χ1n) is 4.03. The van der Waals surface area contributed by atoms with Gasteiger partial charge in [-0.15, -0.1) is 11.3 Å². The fourth-order valence-corrected chi connectivity index (χ4v) is 2.10. The van der Waals surface area contributed by atoms with Gasteiger partial charge in [0.1, 0.15) is 0 Å². The molecule has 2 aromatic rings. The third-order valence-electron chi connectivity index (χ3n) is 1.88. The number of thiophene rings is 1. The zero-order chi connectivity index (χ0) is 9.26. The Morgan fingerprint density at radius 2 is 2.23 bits per heavy atom. The van der Waals surface area contributed by atoms with Crippen LogP contribution in [0.5, 0.6) is 0 Å². The number of nitrogen functional groups attached to an aromatic ring is 1. The Morgan fingerprint density at radius 3 is 2.85 bits per heavy atom. The normalized spacial score (nSPS) is 10.2. The average molecular weight is 190 g/mol. The van der Waals surface area contributed by atoms with Crippen LogP contribution in [0.3, 0.4) is 0 Å². The molecule has 0 fully saturated rings. The van der Waals surface area contributed by atoms with Crippen molar-refractivity contribution in [3.8, 4) is 10.6 Å². The Labute approximate surface area is 81.1 Å². The standard InChI is InChI=1S/C10H10N2S/c1-7-3-5-13-10(7)9-6-8(11)2-4-12-9/h2-6H,1H3,(H2,11,12). The molecule has 0 atom stereocenters. The van der Waals surface area contributed by atoms with Crippen molar-refractivity contribution < 1.29 is 0 Å². The van der Waals surface area contributed by atoms with Crippen LogP contribution in [0.2, 0.25) is 0 Å². The molecule has 0 aliphatic heterocycles. The highest BCUT2D eigenvalue weighted by Crippen LogP contribution is 2.27. The molecule has 0 bridgehead atoms. The molecule has 2 heterocycles. The lowest BCUT2D eigenvalue weighted by Gasteiger charge is -1.99. The summed E-state index contributed by atoms with van der Waals surface area (Å²) in [4.78, 5) is 5.47. The number of pyridine rings is 1. The second kappa shape index (κ2) is 3.18. The van der Waals surface area contributed by atoms with Gasteiger partial charge in [-0.3, -0.25) is 4.98 Å². The third-order valence-corrected chi connectivity index (χ3v) is 2.92. The van der Waals surface area contributed by atoms with E-state index in [0.29, 0.717) is 0 Å². The maximum absolute atomic E-state index is 5.68. The van der Waals surface area contributed by atoms with Crippen LogP contribution < -0.4 is 5.73 Å². The first-order chi connectivity index (χ1) is 6.27. The molecular weight excluding hydrogens is 180 g/mol. The molecular formula is C10H10N2S. The zero-order valence-corrected chi connectivity index (χ0v) is 8.14. The first kappa shape index (κ1) is 8.26. The van der Waals surface area contributed by atoms with Crippen molar-refractivity contribution in [1.29, 1.82) is 0 Å². The maximum Gasteiger partial charge on any atom is 0.0824 e. The lowest BCUT2D eigenvalue weighted by Crippen LogP contribution is -1.87. The van der Waals surface area contributed by atoms with Crippen LogP contribution in [0.25, 0.3) is 10.6 Å². The Morgan fingerprint density at radius 1 is 1.38 bits per heavy atom. The molecule has 0 amide bonds. The van der Waals surface area contributed by atoms with Crippen molar-refractivity contribution in [3.63, 3.8) is 0 Å². The molecule has 0 aliphatic rings. The number of anilines is 1. The van der Waals surface area contributed by atoms with E-state index in [0.717, 1.165) is 11.4 Å². The first-order valence-corrected chi connectivity index (χ1v) is 4.91. The minimum atomic E-state index is 0.762. The predicted octanol–water partition coefficient (Wildman–Crippen LogP) is 2.70. The summed E-state index contributed by atoms with van der Waals surface area (Å²) in [7, 11) is 0. The molecule has 0 aromatic carbocycles. The molecule has 0 radical (unpaired) electrons. The summed E-state index contributed by atoms with van der Waals surface area (Å²) < 4.78 is 0. The van der Waals surface area contributed by atoms with E-state index in [4.69, 9.17) is 5.73 Å². The number of nitrogens with two attached hydrogens (primary N) is 1. The molecule has 0 spiro atoms. The van der Waals surface area contributed by atoms with E-state index in [2.05, 4.69) is 23.4 Å². The highest BCUT2D eigenvalue weighted by atomic mass is 32.1. The largest absolute Gasteiger partial charge is 0.399 e. The van der Waals surface area contributed by atoms with E-state index in [1.807, 2.05) is 6.07 Å². The number of nitrogens with zero attached hydrogens (tertiary/aromatic N) is 1. The van der Waals surface area contributed by atoms with Gasteiger partial charge in [0.15, 0.2) is 0 Å². The minimum absolute atomic E-state index is 0.762. The Hall–Kier alpha value is -1.35. The van der Waals surface area contributed by atoms with Gasteiger partial charge in [0.05, 0.1) is 10.6 Å². The predicted molar refractivity (Wildman–Crippen MR) is 56.7 cm³/mol. The molecule has 2 aromatic heterocycles. The minimum Gasteiger partial charge on any atom is -0.399 e. The van der Waals surface area contributed by atoms with Crippen molar-refractivity contribution in [2.24, 2.45) is 0 Å². The monoisotopic (exact) mass is 190 g/mol. The third kappa shape index (κ3) is 1.55. The van der Waals surface area contributed by atoms with Crippen LogP contribution in [0.15, 0.2) is 29.8 Å². The van der Waals surface area contributed by atoms with Crippen LogP contribution in [-0.4, -0.2) is 4.98 Å². The van der Waals surface area contributed by atoms with Gasteiger partial charge >= 0.3 is 0 Å². The smallest absolute Gasteiger partial charge is 0.0824 e. The van der Waals surface area contributed by atoms with Gasteiger partial charge in [0.2, 0.25) is 0 Å². The number of hydrogen-bond donors (Lipinski definition) is 1. The van der Waals surface area contributed by atoms with Crippen LogP contribution in [0.1, 0.15) is 5.56 Å². The Bertz CT molecular complexity index is 420. The maximum atomic E-state index is 5.68. The van der Waals surface area contributed by atoms with E-state index in [-0.39, 0.29) is 0 Å². The van der Waals surface area contributed by atoms with E-state index in [1.54, 1.807) is 23.6 Å². The molecule has 66 valence electrons. The number of rotatable bonds is 1. The molecule has 2 N–H and O–H groups in total. The highest BCUT2D eigenvalue weighted by Gasteiger charge is 2.03. The van der Waals surface area contributed by atoms with E-state index in [9.17, 15) is 0 Å². The number of aryl methyl sites for hydroxylation is 1. The molecule has 0 saturated carbocycles. The lowest BCUT2D eigenvalue weighted by molar-refractivity contribution is 1.33. The van der Waals surface area contributed by atoms with Crippen LogP contribution in [-0.2, 0) is 0 Å². The van der Waals surface area contributed by atoms with Crippen LogP contribution in [0, 0.1) is 6.92 Å². The van der Waals surface area contributed by atoms with Crippen molar-refractivity contribution in [2.45, 2.75) is 6.92 Å². The summed E-state index contributed by atoms with van der Waals surface area (Å²) in [6, 6.07) is 5.79. The van der Waals surface area contributed by atoms with E-state index in [1.165, 1.54) is 10.4 Å². The molecule has 0 aliphatic carbocycles. The zero-order valence-electron chi connectivity index (χ0n) is 7.32. The summed E-state index contributed by atoms with van der Waals surface area (Å²) in [5.41, 5.74) is 8.66. The van der Waals surface area contributed by atoms with E-state index < -0.39 is 0 Å². The van der Waals surface area contributed by atoms with Crippen LogP contribution >= 0.6 is 11.3 Å². The summed E-state index contributed by atoms with van der Waals surface area (Å²) in [5, 5.41) is 2.07. The van der Waals surface area contributed by atoms with Gasteiger partial charge in [-0.1, -0.05) is 0 Å². The summed E-state index contributed by atoms with van der Waals surface area (Å²) >= 11 is 1.69. The van der Waals surface area contributed by atoms with Crippen molar-refractivity contribution in [2.75, 3.05) is 5.73 Å². The van der Waals surface area contributed by atoms with Gasteiger partial charge in [0, 0.05) is 11.9 Å². The quantitative estimate of drug-likeness (QED) is 0.751. The number of hydrogen-bond acceptors (Lipinski definition) is 3. The second-order valence-corrected chi connectivity index (χ2v) is 3.82. The van der Waals surface area contributed by atoms with Crippen molar-refractivity contribution >= 4 is 17.0 Å². The fraction of sp³-hybridized carbons (Fsp3) is 0.100. The van der Waals surface area contributed by atoms with Crippen molar-refractivity contribution in [1.82, 2.24) is 4.98 Å². The summed E-state index contributed by atoms with van der Waals surface area (Å²) in [6.45, 7) is 2.08. The summed E-state index contributed by atoms with van der Waals surface area (Å²) in [5.74, 6) is 0.